The Morgan fingerprint density at radius 1 is 1.25 bits per heavy atom. The molecule has 1 aliphatic rings. The largest absolute Gasteiger partial charge is 0.404 e. The summed E-state index contributed by atoms with van der Waals surface area (Å²) in [6.45, 7) is 1.26. The highest BCUT2D eigenvalue weighted by Crippen LogP contribution is 2.20. The Kier molecular flexibility index (Phi) is 6.13. The van der Waals surface area contributed by atoms with E-state index in [0.717, 1.165) is 6.42 Å². The van der Waals surface area contributed by atoms with E-state index in [1.54, 1.807) is 42.3 Å². The van der Waals surface area contributed by atoms with Crippen LogP contribution in [0.2, 0.25) is 0 Å². The van der Waals surface area contributed by atoms with E-state index >= 15 is 0 Å². The van der Waals surface area contributed by atoms with E-state index in [9.17, 15) is 14.0 Å². The zero-order valence-corrected chi connectivity index (χ0v) is 17.5. The molecular formula is C24H23FN4O3. The van der Waals surface area contributed by atoms with Gasteiger partial charge in [-0.05, 0) is 55.0 Å². The third-order valence-corrected chi connectivity index (χ3v) is 5.53. The smallest absolute Gasteiger partial charge is 0.256 e. The second kappa shape index (κ2) is 9.15. The van der Waals surface area contributed by atoms with Gasteiger partial charge in [0.2, 0.25) is 0 Å². The Bertz CT molecular complexity index is 1260. The number of carbonyl (C=O) groups is 1. The number of nitrogens with zero attached hydrogens (tertiary/aromatic N) is 2. The number of ether oxygens (including phenoxy) is 1. The van der Waals surface area contributed by atoms with Crippen LogP contribution in [-0.2, 0) is 4.74 Å². The van der Waals surface area contributed by atoms with Crippen molar-refractivity contribution >= 4 is 34.3 Å². The number of H-pyrrole nitrogens is 1. The van der Waals surface area contributed by atoms with Crippen LogP contribution in [0.1, 0.15) is 22.3 Å². The lowest BCUT2D eigenvalue weighted by Gasteiger charge is -2.16. The van der Waals surface area contributed by atoms with Crippen LogP contribution in [0.5, 0.6) is 0 Å². The van der Waals surface area contributed by atoms with Crippen molar-refractivity contribution in [1.82, 2.24) is 9.88 Å². The Hall–Kier alpha value is -3.78. The number of rotatable bonds is 5. The molecule has 3 N–H and O–H groups in total. The molecule has 1 saturated heterocycles. The number of benzene rings is 2. The highest BCUT2D eigenvalue weighted by molar-refractivity contribution is 6.11. The van der Waals surface area contributed by atoms with E-state index in [0.29, 0.717) is 40.8 Å². The second-order valence-electron chi connectivity index (χ2n) is 7.57. The average Bonchev–Trinajstić information content (AvgIpc) is 3.29. The summed E-state index contributed by atoms with van der Waals surface area (Å²) in [6, 6.07) is 12.6. The van der Waals surface area contributed by atoms with Crippen LogP contribution in [0.15, 0.2) is 64.5 Å². The number of halogens is 1. The lowest BCUT2D eigenvalue weighted by molar-refractivity contribution is 0.0724. The summed E-state index contributed by atoms with van der Waals surface area (Å²) in [5.41, 5.74) is 7.74. The fourth-order valence-electron chi connectivity index (χ4n) is 3.72. The van der Waals surface area contributed by atoms with Crippen molar-refractivity contribution in [2.24, 2.45) is 10.7 Å². The van der Waals surface area contributed by atoms with Crippen LogP contribution < -0.4 is 11.3 Å². The third-order valence-electron chi connectivity index (χ3n) is 5.53. The van der Waals surface area contributed by atoms with Crippen molar-refractivity contribution in [3.8, 4) is 0 Å². The minimum absolute atomic E-state index is 0.0439. The van der Waals surface area contributed by atoms with Gasteiger partial charge in [-0.3, -0.25) is 14.6 Å². The number of fused-ring (bicyclic) bond motifs is 1. The number of likely N-dealkylation sites (tertiary alicyclic amines) is 1. The molecule has 2 heterocycles. The predicted molar refractivity (Wildman–Crippen MR) is 123 cm³/mol. The summed E-state index contributed by atoms with van der Waals surface area (Å²) in [5.74, 6) is -0.443. The summed E-state index contributed by atoms with van der Waals surface area (Å²) < 4.78 is 18.9. The molecule has 0 unspecified atom stereocenters. The van der Waals surface area contributed by atoms with Crippen LogP contribution >= 0.6 is 0 Å². The molecule has 1 aromatic heterocycles. The normalized spacial score (nSPS) is 16.9. The number of aromatic amines is 1. The van der Waals surface area contributed by atoms with Gasteiger partial charge in [0.25, 0.3) is 11.5 Å². The molecule has 7 nitrogen and oxygen atoms in total. The van der Waals surface area contributed by atoms with Gasteiger partial charge in [-0.25, -0.2) is 4.39 Å². The Morgan fingerprint density at radius 2 is 2.03 bits per heavy atom. The fourth-order valence-corrected chi connectivity index (χ4v) is 3.72. The summed E-state index contributed by atoms with van der Waals surface area (Å²) in [7, 11) is 1.65. The number of aromatic nitrogens is 1. The number of pyridine rings is 1. The molecule has 1 aliphatic heterocycles. The molecule has 0 spiro atoms. The number of hydrogen-bond donors (Lipinski definition) is 2. The first-order valence-corrected chi connectivity index (χ1v) is 10.2. The number of nitrogens with one attached hydrogen (secondary N) is 1. The fraction of sp³-hybridized carbons (Fsp3) is 0.208. The van der Waals surface area contributed by atoms with E-state index in [2.05, 4.69) is 9.98 Å². The second-order valence-corrected chi connectivity index (χ2v) is 7.57. The van der Waals surface area contributed by atoms with Crippen molar-refractivity contribution in [3.63, 3.8) is 0 Å². The van der Waals surface area contributed by atoms with Gasteiger partial charge in [-0.2, -0.15) is 0 Å². The molecule has 0 aliphatic carbocycles. The van der Waals surface area contributed by atoms with Crippen molar-refractivity contribution in [3.05, 3.63) is 82.0 Å². The minimum Gasteiger partial charge on any atom is -0.404 e. The van der Waals surface area contributed by atoms with E-state index in [4.69, 9.17) is 10.5 Å². The summed E-state index contributed by atoms with van der Waals surface area (Å²) in [5, 5.41) is 0.549. The quantitative estimate of drug-likeness (QED) is 0.602. The van der Waals surface area contributed by atoms with Gasteiger partial charge in [-0.15, -0.1) is 0 Å². The Morgan fingerprint density at radius 3 is 2.72 bits per heavy atom. The predicted octanol–water partition coefficient (Wildman–Crippen LogP) is 3.23. The first-order valence-electron chi connectivity index (χ1n) is 10.2. The van der Waals surface area contributed by atoms with Gasteiger partial charge in [-0.1, -0.05) is 0 Å². The van der Waals surface area contributed by atoms with Crippen molar-refractivity contribution in [1.29, 1.82) is 0 Å². The zero-order valence-electron chi connectivity index (χ0n) is 17.5. The molecule has 3 aromatic rings. The number of nitrogens with two attached hydrogens (primary N) is 1. The lowest BCUT2D eigenvalue weighted by Crippen LogP contribution is -2.29. The monoisotopic (exact) mass is 434 g/mol. The Balaban J connectivity index is 1.52. The molecule has 1 atom stereocenters. The summed E-state index contributed by atoms with van der Waals surface area (Å²) in [4.78, 5) is 34.0. The first-order chi connectivity index (χ1) is 15.5. The zero-order chi connectivity index (χ0) is 22.7. The molecular weight excluding hydrogens is 411 g/mol. The van der Waals surface area contributed by atoms with Crippen LogP contribution in [0.3, 0.4) is 0 Å². The lowest BCUT2D eigenvalue weighted by atomic mass is 10.1. The third kappa shape index (κ3) is 4.45. The molecule has 1 amide bonds. The summed E-state index contributed by atoms with van der Waals surface area (Å²) >= 11 is 0. The maximum Gasteiger partial charge on any atom is 0.256 e. The Labute approximate surface area is 184 Å². The first kappa shape index (κ1) is 21.5. The van der Waals surface area contributed by atoms with Crippen molar-refractivity contribution in [2.45, 2.75) is 12.5 Å². The van der Waals surface area contributed by atoms with E-state index in [1.807, 2.05) is 0 Å². The van der Waals surface area contributed by atoms with Crippen LogP contribution in [-0.4, -0.2) is 48.3 Å². The number of carbonyl (C=O) groups excluding carboxylic acids is 1. The van der Waals surface area contributed by atoms with Gasteiger partial charge >= 0.3 is 0 Å². The van der Waals surface area contributed by atoms with E-state index in [-0.39, 0.29) is 23.1 Å². The maximum absolute atomic E-state index is 13.6. The molecule has 1 fully saturated rings. The number of methoxy groups -OCH3 is 1. The number of allylic oxidation sites excluding steroid dienone is 1. The molecule has 0 bridgehead atoms. The number of amides is 1. The summed E-state index contributed by atoms with van der Waals surface area (Å²) in [6.07, 6.45) is 3.66. The maximum atomic E-state index is 13.6. The molecule has 0 saturated carbocycles. The van der Waals surface area contributed by atoms with Gasteiger partial charge in [0.05, 0.1) is 17.4 Å². The SMILES string of the molecule is CO[C@@H]1CCN(C(=O)c2ccc(N=CC(=CN)c3cc4cc(F)ccc4[nH]c3=O)cc2)C1. The molecule has 164 valence electrons. The van der Waals surface area contributed by atoms with Crippen LogP contribution in [0.4, 0.5) is 10.1 Å². The highest BCUT2D eigenvalue weighted by Gasteiger charge is 2.26. The number of hydrogen-bond acceptors (Lipinski definition) is 5. The van der Waals surface area contributed by atoms with Crippen molar-refractivity contribution < 1.29 is 13.9 Å². The minimum atomic E-state index is -0.399. The van der Waals surface area contributed by atoms with E-state index < -0.39 is 5.82 Å². The molecule has 8 heteroatoms. The van der Waals surface area contributed by atoms with E-state index in [1.165, 1.54) is 30.6 Å². The standard InChI is InChI=1S/C24H23FN4O3/c1-32-20-8-9-29(14-20)24(31)15-2-5-19(6-3-15)27-13-17(12-26)21-11-16-10-18(25)4-7-22(16)28-23(21)30/h2-7,10-13,20H,8-9,14,26H2,1H3,(H,28,30)/t20-/m1/s1. The highest BCUT2D eigenvalue weighted by atomic mass is 19.1. The molecule has 0 radical (unpaired) electrons. The van der Waals surface area contributed by atoms with Gasteiger partial charge in [0, 0.05) is 54.7 Å². The average molecular weight is 434 g/mol. The molecule has 2 aromatic carbocycles. The molecule has 4 rings (SSSR count). The van der Waals surface area contributed by atoms with Gasteiger partial charge in [0.15, 0.2) is 0 Å². The topological polar surface area (TPSA) is 101 Å². The van der Waals surface area contributed by atoms with Gasteiger partial charge in [0.1, 0.15) is 5.82 Å². The molecule has 32 heavy (non-hydrogen) atoms. The van der Waals surface area contributed by atoms with Crippen LogP contribution in [0, 0.1) is 5.82 Å². The van der Waals surface area contributed by atoms with Crippen LogP contribution in [0.25, 0.3) is 16.5 Å². The van der Waals surface area contributed by atoms with Crippen molar-refractivity contribution in [2.75, 3.05) is 20.2 Å². The number of aliphatic imine (C=N–C) groups is 1. The van der Waals surface area contributed by atoms with Gasteiger partial charge < -0.3 is 20.4 Å².